The quantitative estimate of drug-likeness (QED) is 0.128. The first-order valence-corrected chi connectivity index (χ1v) is 31.0. The van der Waals surface area contributed by atoms with Crippen LogP contribution in [0.3, 0.4) is 0 Å². The van der Waals surface area contributed by atoms with Crippen molar-refractivity contribution in [3.8, 4) is 33.4 Å². The van der Waals surface area contributed by atoms with Gasteiger partial charge < -0.3 is 0 Å². The third kappa shape index (κ3) is 8.23. The summed E-state index contributed by atoms with van der Waals surface area (Å²) in [6.07, 6.45) is 9.00. The van der Waals surface area contributed by atoms with E-state index in [2.05, 4.69) is 260 Å². The fraction of sp³-hybridized carbons (Fsp3) is 0.185. The van der Waals surface area contributed by atoms with E-state index >= 15 is 0 Å². The predicted octanol–water partition coefficient (Wildman–Crippen LogP) is 17.2. The molecule has 2 aliphatic carbocycles. The van der Waals surface area contributed by atoms with E-state index < -0.39 is 18.3 Å². The standard InChI is InChI=1S/C33H33.2C13H11.C5H5.CH2.2ClH.Zr/c1-32(2,3)30-20-26-24(18-28(30)22-13-9-7-10-14-22)17-25-19-29(23-15-11-8-12-16-23)31(21-27(25)26)33(4,5)6;2*1-3-7-12(8-4-1)11-13-9-5-2-6-10-13;1-2-4-5-3-1;;;;/h7-16,18,20-21H,17H2,1-6H3;2*1-11H;1-3H,4H2;1H2;2*1H;. The zero-order valence-corrected chi connectivity index (χ0v) is 44.5. The van der Waals surface area contributed by atoms with Gasteiger partial charge >= 0.3 is 398 Å². The van der Waals surface area contributed by atoms with Gasteiger partial charge in [0.05, 0.1) is 0 Å². The summed E-state index contributed by atoms with van der Waals surface area (Å²) in [5.41, 5.74) is 18.7. The zero-order valence-electron chi connectivity index (χ0n) is 40.4. The van der Waals surface area contributed by atoms with E-state index in [0.717, 1.165) is 12.8 Å². The number of benzene rings is 8. The molecule has 0 saturated heterocycles. The number of halogens is 2. The van der Waals surface area contributed by atoms with E-state index in [1.165, 1.54) is 84.4 Å². The minimum atomic E-state index is -5.75. The van der Waals surface area contributed by atoms with Crippen LogP contribution < -0.4 is 3.27 Å². The Morgan fingerprint density at radius 3 is 1.25 bits per heavy atom. The van der Waals surface area contributed by atoms with Gasteiger partial charge in [-0.05, 0) is 0 Å². The summed E-state index contributed by atoms with van der Waals surface area (Å²) >= 11 is -5.75. The molecule has 0 radical (unpaired) electrons. The van der Waals surface area contributed by atoms with E-state index in [0.29, 0.717) is 0 Å². The summed E-state index contributed by atoms with van der Waals surface area (Å²) in [6.45, 7) is 14.4. The molecule has 0 saturated carbocycles. The molecule has 8 aromatic rings. The maximum atomic E-state index is 6.43. The van der Waals surface area contributed by atoms with Crippen molar-refractivity contribution in [3.63, 3.8) is 0 Å². The molecule has 3 heteroatoms. The Labute approximate surface area is 419 Å². The first kappa shape index (κ1) is 49.0. The van der Waals surface area contributed by atoms with Crippen LogP contribution in [-0.4, -0.2) is 4.21 Å². The van der Waals surface area contributed by atoms with Gasteiger partial charge in [0.1, 0.15) is 0 Å². The van der Waals surface area contributed by atoms with E-state index in [-0.39, 0.29) is 42.9 Å². The molecule has 0 amide bonds. The van der Waals surface area contributed by atoms with E-state index in [1.807, 2.05) is 0 Å². The van der Waals surface area contributed by atoms with Gasteiger partial charge in [0.2, 0.25) is 0 Å². The molecule has 0 heterocycles. The number of hydrogen-bond donors (Lipinski definition) is 0. The molecule has 0 aliphatic heterocycles. The molecule has 10 rings (SSSR count). The molecular weight excluding hydrogens is 943 g/mol. The van der Waals surface area contributed by atoms with E-state index in [4.69, 9.17) is 4.21 Å². The molecular formula is C65H64Cl2Zr. The Bertz CT molecular complexity index is 3010. The Balaban J connectivity index is 0.00000312. The van der Waals surface area contributed by atoms with Crippen LogP contribution in [0.4, 0.5) is 0 Å². The van der Waals surface area contributed by atoms with Gasteiger partial charge in [-0.15, -0.1) is 24.8 Å². The molecule has 8 aromatic carbocycles. The van der Waals surface area contributed by atoms with Crippen LogP contribution >= 0.6 is 24.8 Å². The van der Waals surface area contributed by atoms with Crippen molar-refractivity contribution in [1.29, 1.82) is 0 Å². The van der Waals surface area contributed by atoms with Gasteiger partial charge in [0.25, 0.3) is 0 Å². The topological polar surface area (TPSA) is 0 Å². The number of allylic oxidation sites excluding steroid dienone is 4. The Hall–Kier alpha value is -5.43. The van der Waals surface area contributed by atoms with Gasteiger partial charge in [-0.3, -0.25) is 0 Å². The number of rotatable bonds is 10. The van der Waals surface area contributed by atoms with Gasteiger partial charge in [-0.25, -0.2) is 0 Å². The zero-order chi connectivity index (χ0) is 45.7. The van der Waals surface area contributed by atoms with Crippen molar-refractivity contribution in [1.82, 2.24) is 0 Å². The third-order valence-electron chi connectivity index (χ3n) is 15.1. The summed E-state index contributed by atoms with van der Waals surface area (Å²) in [5.74, 6) is 0. The predicted molar refractivity (Wildman–Crippen MR) is 296 cm³/mol. The second-order valence-electron chi connectivity index (χ2n) is 21.1. The van der Waals surface area contributed by atoms with E-state index in [1.54, 1.807) is 0 Å². The molecule has 0 nitrogen and oxygen atoms in total. The average molecular weight is 1010 g/mol. The third-order valence-corrected chi connectivity index (χ3v) is 33.7. The summed E-state index contributed by atoms with van der Waals surface area (Å²) in [7, 11) is 0. The monoisotopic (exact) mass is 1000 g/mol. The summed E-state index contributed by atoms with van der Waals surface area (Å²) < 4.78 is 9.41. The Morgan fingerprint density at radius 2 is 0.853 bits per heavy atom. The molecule has 0 unspecified atom stereocenters. The molecule has 0 spiro atoms. The van der Waals surface area contributed by atoms with Crippen molar-refractivity contribution in [3.05, 3.63) is 266 Å². The summed E-state index contributed by atoms with van der Waals surface area (Å²) in [5, 5.41) is 0. The van der Waals surface area contributed by atoms with Gasteiger partial charge in [-0.2, -0.15) is 0 Å². The van der Waals surface area contributed by atoms with Gasteiger partial charge in [0.15, 0.2) is 0 Å². The first-order chi connectivity index (χ1) is 31.9. The molecule has 68 heavy (non-hydrogen) atoms. The van der Waals surface area contributed by atoms with Crippen molar-refractivity contribution >= 4 is 32.3 Å². The number of fused-ring (bicyclic) bond motifs is 3. The molecule has 0 N–H and O–H groups in total. The molecule has 2 aliphatic rings. The maximum absolute atomic E-state index is 6.43. The fourth-order valence-corrected chi connectivity index (χ4v) is 33.7. The van der Waals surface area contributed by atoms with Crippen LogP contribution in [0.15, 0.2) is 222 Å². The molecule has 0 fully saturated rings. The van der Waals surface area contributed by atoms with Gasteiger partial charge in [-0.1, -0.05) is 0 Å². The normalized spacial score (nSPS) is 13.4. The van der Waals surface area contributed by atoms with Crippen LogP contribution in [0.5, 0.6) is 0 Å². The fourth-order valence-electron chi connectivity index (χ4n) is 12.4. The van der Waals surface area contributed by atoms with Crippen LogP contribution in [-0.2, 0) is 35.5 Å². The average Bonchev–Trinajstić information content (AvgIpc) is 4.02. The van der Waals surface area contributed by atoms with E-state index in [9.17, 15) is 0 Å². The van der Waals surface area contributed by atoms with Crippen LogP contribution in [0.1, 0.15) is 99.7 Å². The summed E-state index contributed by atoms with van der Waals surface area (Å²) in [6, 6.07) is 76.4. The molecule has 0 aromatic heterocycles. The van der Waals surface area contributed by atoms with Crippen LogP contribution in [0.25, 0.3) is 33.4 Å². The Morgan fingerprint density at radius 1 is 0.456 bits per heavy atom. The van der Waals surface area contributed by atoms with Crippen molar-refractivity contribution in [2.45, 2.75) is 72.5 Å². The summed E-state index contributed by atoms with van der Waals surface area (Å²) in [4.78, 5) is 0. The van der Waals surface area contributed by atoms with Crippen molar-refractivity contribution in [2.24, 2.45) is 0 Å². The SMILES string of the molecule is Cl.Cl.[CH2]=[Zr]([C]1=CC=CC1)([c]1c2c(cc(C(C)(C)C)c1-c1ccccc1)-c1cc(C(C)(C)C)c(-c3ccccc3)cc1C2)([CH](c1ccccc1)c1ccccc1)[CH](c1ccccc1)c1ccccc1. The Kier molecular flexibility index (Phi) is 13.8. The van der Waals surface area contributed by atoms with Crippen molar-refractivity contribution < 1.29 is 18.3 Å². The second-order valence-corrected chi connectivity index (χ2v) is 34.8. The second kappa shape index (κ2) is 19.2. The number of hydrogen-bond acceptors (Lipinski definition) is 0. The van der Waals surface area contributed by atoms with Crippen LogP contribution in [0.2, 0.25) is 0 Å². The molecule has 0 bridgehead atoms. The first-order valence-electron chi connectivity index (χ1n) is 24.0. The molecule has 342 valence electrons. The van der Waals surface area contributed by atoms with Crippen LogP contribution in [0, 0.1) is 0 Å². The van der Waals surface area contributed by atoms with Gasteiger partial charge in [0, 0.05) is 0 Å². The van der Waals surface area contributed by atoms with Crippen molar-refractivity contribution in [2.75, 3.05) is 0 Å². The minimum absolute atomic E-state index is 0. The molecule has 0 atom stereocenters.